The van der Waals surface area contributed by atoms with Crippen LogP contribution < -0.4 is 16.4 Å². The Morgan fingerprint density at radius 3 is 2.83 bits per heavy atom. The summed E-state index contributed by atoms with van der Waals surface area (Å²) in [5.41, 5.74) is 8.73. The highest BCUT2D eigenvalue weighted by molar-refractivity contribution is 6.02. The van der Waals surface area contributed by atoms with Crippen molar-refractivity contribution in [3.8, 4) is 0 Å². The van der Waals surface area contributed by atoms with Gasteiger partial charge in [0.2, 0.25) is 0 Å². The van der Waals surface area contributed by atoms with Crippen LogP contribution in [0.3, 0.4) is 0 Å². The predicted molar refractivity (Wildman–Crippen MR) is 104 cm³/mol. The molecule has 0 aromatic carbocycles. The van der Waals surface area contributed by atoms with Crippen molar-refractivity contribution in [1.29, 1.82) is 0 Å². The third-order valence-corrected chi connectivity index (χ3v) is 5.04. The molecule has 0 radical (unpaired) electrons. The second-order valence-corrected chi connectivity index (χ2v) is 7.71. The molecule has 0 spiro atoms. The topological polar surface area (TPSA) is 62.4 Å². The van der Waals surface area contributed by atoms with Gasteiger partial charge in [0, 0.05) is 19.0 Å². The smallest absolute Gasteiger partial charge is 0.103 e. The zero-order chi connectivity index (χ0) is 17.5. The van der Waals surface area contributed by atoms with Crippen LogP contribution in [-0.4, -0.2) is 37.1 Å². The lowest BCUT2D eigenvalue weighted by molar-refractivity contribution is 0.346. The summed E-state index contributed by atoms with van der Waals surface area (Å²) in [4.78, 5) is 4.90. The molecule has 0 amide bonds. The third kappa shape index (κ3) is 5.54. The van der Waals surface area contributed by atoms with Gasteiger partial charge in [-0.3, -0.25) is 10.3 Å². The molecule has 4 unspecified atom stereocenters. The Kier molecular flexibility index (Phi) is 7.66. The Bertz CT molecular complexity index is 478. The lowest BCUT2D eigenvalue weighted by Crippen LogP contribution is -2.41. The number of nitrogens with two attached hydrogens (primary N) is 1. The summed E-state index contributed by atoms with van der Waals surface area (Å²) in [5, 5.41) is 7.07. The third-order valence-electron chi connectivity index (χ3n) is 5.04. The first-order valence-electron chi connectivity index (χ1n) is 9.67. The maximum absolute atomic E-state index is 6.46. The number of nitrogens with zero attached hydrogens (tertiary/aromatic N) is 1. The Balaban J connectivity index is 1.92. The summed E-state index contributed by atoms with van der Waals surface area (Å²) in [7, 11) is 0. The molecule has 0 saturated heterocycles. The van der Waals surface area contributed by atoms with Crippen LogP contribution in [0, 0.1) is 11.8 Å². The van der Waals surface area contributed by atoms with Crippen LogP contribution in [0.2, 0.25) is 0 Å². The first-order valence-corrected chi connectivity index (χ1v) is 9.67. The van der Waals surface area contributed by atoms with Crippen molar-refractivity contribution in [2.24, 2.45) is 22.6 Å². The quantitative estimate of drug-likeness (QED) is 0.569. The summed E-state index contributed by atoms with van der Waals surface area (Å²) in [6, 6.07) is 0.266. The highest BCUT2D eigenvalue weighted by Gasteiger charge is 2.24. The van der Waals surface area contributed by atoms with Gasteiger partial charge in [-0.25, -0.2) is 0 Å². The van der Waals surface area contributed by atoms with E-state index >= 15 is 0 Å². The van der Waals surface area contributed by atoms with Crippen LogP contribution >= 0.6 is 0 Å². The molecule has 4 atom stereocenters. The van der Waals surface area contributed by atoms with Crippen LogP contribution in [0.15, 0.2) is 28.8 Å². The second kappa shape index (κ2) is 9.50. The minimum absolute atomic E-state index is 0.0852. The number of nitrogens with one attached hydrogen (secondary N) is 2. The van der Waals surface area contributed by atoms with Crippen LogP contribution in [0.5, 0.6) is 0 Å². The largest absolute Gasteiger partial charge is 0.319 e. The summed E-state index contributed by atoms with van der Waals surface area (Å²) < 4.78 is 0. The SMILES string of the molecule is CCCC(CNC1CC=CC(C(N)C2=CCNC2C)=N1)CC(C)C. The molecule has 4 nitrogen and oxygen atoms in total. The first-order chi connectivity index (χ1) is 11.5. The molecule has 0 saturated carbocycles. The van der Waals surface area contributed by atoms with E-state index in [1.54, 1.807) is 0 Å². The van der Waals surface area contributed by atoms with Crippen molar-refractivity contribution >= 4 is 5.71 Å². The van der Waals surface area contributed by atoms with E-state index in [2.05, 4.69) is 56.6 Å². The highest BCUT2D eigenvalue weighted by atomic mass is 15.1. The standard InChI is InChI=1S/C20H36N4/c1-5-7-16(12-14(2)3)13-23-19-9-6-8-18(24-19)20(21)17-10-11-22-15(17)4/h6,8,10,14-16,19-20,22-23H,5,7,9,11-13,21H2,1-4H3. The Hall–Kier alpha value is -0.970. The molecule has 2 aliphatic rings. The molecule has 0 aromatic rings. The molecular weight excluding hydrogens is 296 g/mol. The zero-order valence-corrected chi connectivity index (χ0v) is 15.9. The fourth-order valence-corrected chi connectivity index (χ4v) is 3.80. The maximum atomic E-state index is 6.46. The van der Waals surface area contributed by atoms with E-state index in [0.717, 1.165) is 37.1 Å². The minimum atomic E-state index is -0.0852. The molecule has 4 N–H and O–H groups in total. The van der Waals surface area contributed by atoms with Crippen molar-refractivity contribution in [1.82, 2.24) is 10.6 Å². The van der Waals surface area contributed by atoms with Gasteiger partial charge < -0.3 is 11.1 Å². The van der Waals surface area contributed by atoms with E-state index in [-0.39, 0.29) is 12.2 Å². The van der Waals surface area contributed by atoms with Gasteiger partial charge in [-0.15, -0.1) is 0 Å². The van der Waals surface area contributed by atoms with Gasteiger partial charge in [-0.1, -0.05) is 39.3 Å². The molecule has 136 valence electrons. The van der Waals surface area contributed by atoms with Gasteiger partial charge in [-0.2, -0.15) is 0 Å². The number of hydrogen-bond acceptors (Lipinski definition) is 4. The number of dihydropyridines is 1. The summed E-state index contributed by atoms with van der Waals surface area (Å²) in [5.74, 6) is 1.50. The van der Waals surface area contributed by atoms with Crippen molar-refractivity contribution in [3.63, 3.8) is 0 Å². The number of aliphatic imine (C=N–C) groups is 1. The van der Waals surface area contributed by atoms with Gasteiger partial charge >= 0.3 is 0 Å². The molecule has 2 aliphatic heterocycles. The fraction of sp³-hybridized carbons (Fsp3) is 0.750. The monoisotopic (exact) mass is 332 g/mol. The minimum Gasteiger partial charge on any atom is -0.319 e. The van der Waals surface area contributed by atoms with Crippen molar-refractivity contribution in [3.05, 3.63) is 23.8 Å². The van der Waals surface area contributed by atoms with E-state index in [1.165, 1.54) is 24.8 Å². The van der Waals surface area contributed by atoms with Crippen molar-refractivity contribution in [2.75, 3.05) is 13.1 Å². The molecule has 24 heavy (non-hydrogen) atoms. The highest BCUT2D eigenvalue weighted by Crippen LogP contribution is 2.19. The average molecular weight is 333 g/mol. The van der Waals surface area contributed by atoms with Gasteiger partial charge in [0.05, 0.1) is 11.8 Å². The Labute approximate surface area is 148 Å². The first kappa shape index (κ1) is 19.4. The molecule has 2 rings (SSSR count). The van der Waals surface area contributed by atoms with Crippen molar-refractivity contribution < 1.29 is 0 Å². The maximum Gasteiger partial charge on any atom is 0.103 e. The predicted octanol–water partition coefficient (Wildman–Crippen LogP) is 3.01. The summed E-state index contributed by atoms with van der Waals surface area (Å²) in [6.07, 6.45) is 11.5. The number of rotatable bonds is 9. The van der Waals surface area contributed by atoms with Gasteiger partial charge in [0.15, 0.2) is 0 Å². The van der Waals surface area contributed by atoms with E-state index in [1.807, 2.05) is 0 Å². The van der Waals surface area contributed by atoms with Crippen LogP contribution in [0.4, 0.5) is 0 Å². The zero-order valence-electron chi connectivity index (χ0n) is 15.9. The molecule has 0 aromatic heterocycles. The van der Waals surface area contributed by atoms with Gasteiger partial charge in [-0.05, 0) is 49.8 Å². The molecule has 4 heteroatoms. The molecular formula is C20H36N4. The second-order valence-electron chi connectivity index (χ2n) is 7.71. The summed E-state index contributed by atoms with van der Waals surface area (Å²) >= 11 is 0. The van der Waals surface area contributed by atoms with E-state index in [4.69, 9.17) is 10.7 Å². The van der Waals surface area contributed by atoms with Crippen LogP contribution in [0.1, 0.15) is 53.4 Å². The van der Waals surface area contributed by atoms with E-state index in [0.29, 0.717) is 6.04 Å². The lowest BCUT2D eigenvalue weighted by atomic mass is 9.93. The van der Waals surface area contributed by atoms with Crippen molar-refractivity contribution in [2.45, 2.75) is 71.6 Å². The summed E-state index contributed by atoms with van der Waals surface area (Å²) in [6.45, 7) is 11.0. The van der Waals surface area contributed by atoms with Gasteiger partial charge in [0.1, 0.15) is 6.17 Å². The molecule has 2 heterocycles. The number of hydrogen-bond donors (Lipinski definition) is 3. The average Bonchev–Trinajstić information content (AvgIpc) is 2.98. The van der Waals surface area contributed by atoms with E-state index < -0.39 is 0 Å². The fourth-order valence-electron chi connectivity index (χ4n) is 3.80. The lowest BCUT2D eigenvalue weighted by Gasteiger charge is -2.25. The van der Waals surface area contributed by atoms with Crippen LogP contribution in [0.25, 0.3) is 0 Å². The molecule has 0 aliphatic carbocycles. The Morgan fingerprint density at radius 1 is 1.42 bits per heavy atom. The Morgan fingerprint density at radius 2 is 2.21 bits per heavy atom. The molecule has 0 fully saturated rings. The van der Waals surface area contributed by atoms with Crippen LogP contribution in [-0.2, 0) is 0 Å². The normalized spacial score (nSPS) is 26.4. The van der Waals surface area contributed by atoms with E-state index in [9.17, 15) is 0 Å². The molecule has 0 bridgehead atoms. The van der Waals surface area contributed by atoms with Gasteiger partial charge in [0.25, 0.3) is 0 Å².